The second kappa shape index (κ2) is 7.68. The Morgan fingerprint density at radius 1 is 1.60 bits per heavy atom. The predicted molar refractivity (Wildman–Crippen MR) is 59.6 cm³/mol. The lowest BCUT2D eigenvalue weighted by Crippen LogP contribution is -2.30. The van der Waals surface area contributed by atoms with Crippen LogP contribution in [-0.4, -0.2) is 36.2 Å². The summed E-state index contributed by atoms with van der Waals surface area (Å²) in [5.41, 5.74) is 5.35. The minimum atomic E-state index is -0.901. The summed E-state index contributed by atoms with van der Waals surface area (Å²) in [6, 6.07) is 0. The van der Waals surface area contributed by atoms with Crippen molar-refractivity contribution in [1.29, 1.82) is 0 Å². The van der Waals surface area contributed by atoms with Gasteiger partial charge in [0.05, 0.1) is 19.1 Å². The van der Waals surface area contributed by atoms with E-state index in [0.717, 1.165) is 0 Å². The van der Waals surface area contributed by atoms with Crippen LogP contribution in [0.5, 0.6) is 0 Å². The molecule has 0 aromatic heterocycles. The fourth-order valence-electron chi connectivity index (χ4n) is 1.16. The molecular weight excluding hydrogens is 218 g/mol. The summed E-state index contributed by atoms with van der Waals surface area (Å²) in [6.07, 6.45) is 2.60. The third-order valence-corrected chi connectivity index (χ3v) is 2.11. The predicted octanol–water partition coefficient (Wildman–Crippen LogP) is 0.669. The Bertz CT molecular complexity index is 219. The molecule has 0 amide bonds. The lowest BCUT2D eigenvalue weighted by atomic mass is 9.98. The van der Waals surface area contributed by atoms with E-state index in [9.17, 15) is 9.90 Å². The zero-order valence-electron chi connectivity index (χ0n) is 9.02. The van der Waals surface area contributed by atoms with Gasteiger partial charge in [0, 0.05) is 5.38 Å². The van der Waals surface area contributed by atoms with Gasteiger partial charge in [0.15, 0.2) is 0 Å². The van der Waals surface area contributed by atoms with Gasteiger partial charge in [-0.15, -0.1) is 11.6 Å². The van der Waals surface area contributed by atoms with Crippen molar-refractivity contribution in [2.24, 2.45) is 11.7 Å². The molecule has 15 heavy (non-hydrogen) atoms. The Hall–Kier alpha value is -0.580. The monoisotopic (exact) mass is 235 g/mol. The zero-order valence-corrected chi connectivity index (χ0v) is 9.78. The Kier molecular flexibility index (Phi) is 7.38. The molecule has 0 aromatic carbocycles. The molecule has 0 bridgehead atoms. The summed E-state index contributed by atoms with van der Waals surface area (Å²) in [6.45, 7) is 2.09. The van der Waals surface area contributed by atoms with Gasteiger partial charge in [-0.1, -0.05) is 12.2 Å². The molecule has 0 heterocycles. The highest BCUT2D eigenvalue weighted by molar-refractivity contribution is 6.21. The van der Waals surface area contributed by atoms with Crippen LogP contribution >= 0.6 is 11.6 Å². The highest BCUT2D eigenvalue weighted by Gasteiger charge is 2.24. The first-order chi connectivity index (χ1) is 7.02. The van der Waals surface area contributed by atoms with Crippen LogP contribution in [0.2, 0.25) is 0 Å². The standard InChI is InChI=1S/C10H18ClNO3/c1-7(11)3-4-9(13)8(5-6-12)10(14)15-2/h3-4,7-9,13H,5-6,12H2,1-2H3/b4-3+. The van der Waals surface area contributed by atoms with Crippen LogP contribution < -0.4 is 5.73 Å². The van der Waals surface area contributed by atoms with Crippen molar-refractivity contribution < 1.29 is 14.6 Å². The van der Waals surface area contributed by atoms with Crippen molar-refractivity contribution in [2.45, 2.75) is 24.8 Å². The van der Waals surface area contributed by atoms with Crippen LogP contribution in [0.1, 0.15) is 13.3 Å². The average Bonchev–Trinajstić information content (AvgIpc) is 2.21. The van der Waals surface area contributed by atoms with Gasteiger partial charge < -0.3 is 15.6 Å². The zero-order chi connectivity index (χ0) is 11.8. The maximum absolute atomic E-state index is 11.3. The molecule has 0 aliphatic heterocycles. The Labute approximate surface area is 95.0 Å². The van der Waals surface area contributed by atoms with Crippen LogP contribution in [-0.2, 0) is 9.53 Å². The summed E-state index contributed by atoms with van der Waals surface area (Å²) in [4.78, 5) is 11.3. The number of nitrogens with two attached hydrogens (primary N) is 1. The van der Waals surface area contributed by atoms with E-state index in [2.05, 4.69) is 4.74 Å². The number of hydrogen-bond acceptors (Lipinski definition) is 4. The molecule has 3 unspecified atom stereocenters. The molecule has 0 aliphatic rings. The van der Waals surface area contributed by atoms with E-state index >= 15 is 0 Å². The van der Waals surface area contributed by atoms with Gasteiger partial charge in [0.2, 0.25) is 0 Å². The third kappa shape index (κ3) is 5.77. The largest absolute Gasteiger partial charge is 0.469 e. The number of carbonyl (C=O) groups excluding carboxylic acids is 1. The number of aliphatic hydroxyl groups excluding tert-OH is 1. The quantitative estimate of drug-likeness (QED) is 0.403. The molecule has 0 saturated carbocycles. The number of rotatable bonds is 6. The van der Waals surface area contributed by atoms with Crippen molar-refractivity contribution in [3.63, 3.8) is 0 Å². The summed E-state index contributed by atoms with van der Waals surface area (Å²) >= 11 is 5.68. The molecule has 0 fully saturated rings. The molecule has 3 atom stereocenters. The van der Waals surface area contributed by atoms with E-state index in [1.165, 1.54) is 13.2 Å². The molecule has 3 N–H and O–H groups in total. The molecule has 0 spiro atoms. The fraction of sp³-hybridized carbons (Fsp3) is 0.700. The van der Waals surface area contributed by atoms with Crippen molar-refractivity contribution in [1.82, 2.24) is 0 Å². The summed E-state index contributed by atoms with van der Waals surface area (Å²) in [5.74, 6) is -1.08. The molecule has 88 valence electrons. The number of allylic oxidation sites excluding steroid dienone is 1. The second-order valence-electron chi connectivity index (χ2n) is 3.26. The Balaban J connectivity index is 4.40. The van der Waals surface area contributed by atoms with Gasteiger partial charge in [0.25, 0.3) is 0 Å². The minimum Gasteiger partial charge on any atom is -0.469 e. The number of methoxy groups -OCH3 is 1. The van der Waals surface area contributed by atoms with Crippen LogP contribution in [0.15, 0.2) is 12.2 Å². The first-order valence-electron chi connectivity index (χ1n) is 4.81. The molecule has 5 heteroatoms. The normalized spacial score (nSPS) is 17.4. The van der Waals surface area contributed by atoms with Crippen molar-refractivity contribution in [3.05, 3.63) is 12.2 Å². The van der Waals surface area contributed by atoms with Gasteiger partial charge in [-0.05, 0) is 19.9 Å². The van der Waals surface area contributed by atoms with Crippen LogP contribution in [0.25, 0.3) is 0 Å². The molecule has 0 radical (unpaired) electrons. The first-order valence-corrected chi connectivity index (χ1v) is 5.25. The number of aliphatic hydroxyl groups is 1. The second-order valence-corrected chi connectivity index (χ2v) is 3.95. The molecule has 0 aliphatic carbocycles. The maximum atomic E-state index is 11.3. The van der Waals surface area contributed by atoms with Gasteiger partial charge in [-0.2, -0.15) is 0 Å². The summed E-state index contributed by atoms with van der Waals surface area (Å²) in [7, 11) is 1.28. The van der Waals surface area contributed by atoms with E-state index in [1.807, 2.05) is 0 Å². The van der Waals surface area contributed by atoms with E-state index in [4.69, 9.17) is 17.3 Å². The molecular formula is C10H18ClNO3. The van der Waals surface area contributed by atoms with Gasteiger partial charge >= 0.3 is 5.97 Å². The number of esters is 1. The average molecular weight is 236 g/mol. The smallest absolute Gasteiger partial charge is 0.311 e. The number of carbonyl (C=O) groups is 1. The van der Waals surface area contributed by atoms with Gasteiger partial charge in [-0.3, -0.25) is 4.79 Å². The van der Waals surface area contributed by atoms with Gasteiger partial charge in [0.1, 0.15) is 0 Å². The molecule has 4 nitrogen and oxygen atoms in total. The van der Waals surface area contributed by atoms with E-state index in [1.54, 1.807) is 13.0 Å². The minimum absolute atomic E-state index is 0.184. The van der Waals surface area contributed by atoms with Crippen molar-refractivity contribution in [2.75, 3.05) is 13.7 Å². The van der Waals surface area contributed by atoms with E-state index < -0.39 is 18.0 Å². The lowest BCUT2D eigenvalue weighted by Gasteiger charge is -2.17. The third-order valence-electron chi connectivity index (χ3n) is 1.97. The SMILES string of the molecule is COC(=O)C(CCN)C(O)/C=C/C(C)Cl. The number of hydrogen-bond donors (Lipinski definition) is 2. The molecule has 0 rings (SSSR count). The topological polar surface area (TPSA) is 72.5 Å². The fourth-order valence-corrected chi connectivity index (χ4v) is 1.24. The van der Waals surface area contributed by atoms with Gasteiger partial charge in [-0.25, -0.2) is 0 Å². The lowest BCUT2D eigenvalue weighted by molar-refractivity contribution is -0.148. The van der Waals surface area contributed by atoms with Crippen molar-refractivity contribution in [3.8, 4) is 0 Å². The van der Waals surface area contributed by atoms with Crippen molar-refractivity contribution >= 4 is 17.6 Å². The summed E-state index contributed by atoms with van der Waals surface area (Å²) in [5, 5.41) is 9.50. The van der Waals surface area contributed by atoms with E-state index in [0.29, 0.717) is 13.0 Å². The number of alkyl halides is 1. The number of halogens is 1. The van der Waals surface area contributed by atoms with Crippen LogP contribution in [0, 0.1) is 5.92 Å². The van der Waals surface area contributed by atoms with Crippen LogP contribution in [0.4, 0.5) is 0 Å². The summed E-state index contributed by atoms with van der Waals surface area (Å²) < 4.78 is 4.57. The number of ether oxygens (including phenoxy) is 1. The molecule has 0 aromatic rings. The Morgan fingerprint density at radius 2 is 2.20 bits per heavy atom. The Morgan fingerprint density at radius 3 is 2.60 bits per heavy atom. The highest BCUT2D eigenvalue weighted by atomic mass is 35.5. The van der Waals surface area contributed by atoms with Crippen LogP contribution in [0.3, 0.4) is 0 Å². The first kappa shape index (κ1) is 14.4. The maximum Gasteiger partial charge on any atom is 0.311 e. The van der Waals surface area contributed by atoms with E-state index in [-0.39, 0.29) is 5.38 Å². The highest BCUT2D eigenvalue weighted by Crippen LogP contribution is 2.12. The molecule has 0 saturated heterocycles.